The summed E-state index contributed by atoms with van der Waals surface area (Å²) < 4.78 is 11.1. The van der Waals surface area contributed by atoms with Gasteiger partial charge in [-0.15, -0.1) is 0 Å². The lowest BCUT2D eigenvalue weighted by molar-refractivity contribution is 0.00875. The quantitative estimate of drug-likeness (QED) is 0.891. The van der Waals surface area contributed by atoms with Crippen LogP contribution in [0.1, 0.15) is 43.3 Å². The number of carbonyl (C=O) groups excluding carboxylic acids is 1. The molecule has 0 aliphatic carbocycles. The number of benzene rings is 1. The molecular weight excluding hydrogens is 302 g/mol. The van der Waals surface area contributed by atoms with Gasteiger partial charge in [0.15, 0.2) is 5.76 Å². The minimum atomic E-state index is -0.289. The van der Waals surface area contributed by atoms with Crippen LogP contribution >= 0.6 is 11.6 Å². The van der Waals surface area contributed by atoms with Crippen LogP contribution in [0.2, 0.25) is 5.02 Å². The van der Waals surface area contributed by atoms with Gasteiger partial charge in [-0.2, -0.15) is 0 Å². The number of hydrogen-bond acceptors (Lipinski definition) is 3. The summed E-state index contributed by atoms with van der Waals surface area (Å²) in [6.07, 6.45) is 0.709. The van der Waals surface area contributed by atoms with Crippen molar-refractivity contribution in [1.29, 1.82) is 0 Å². The summed E-state index contributed by atoms with van der Waals surface area (Å²) in [5.74, 6) is 0.114. The minimum absolute atomic E-state index is 0.0290. The summed E-state index contributed by atoms with van der Waals surface area (Å²) in [5.41, 5.74) is 1.17. The highest BCUT2D eigenvalue weighted by Gasteiger charge is 2.24. The largest absolute Gasteiger partial charge is 0.451 e. The Morgan fingerprint density at radius 1 is 1.45 bits per heavy atom. The first-order valence-electron chi connectivity index (χ1n) is 7.28. The van der Waals surface area contributed by atoms with Gasteiger partial charge in [0.1, 0.15) is 5.58 Å². The zero-order chi connectivity index (χ0) is 16.5. The van der Waals surface area contributed by atoms with Gasteiger partial charge in [-0.05, 0) is 52.3 Å². The number of carbonyl (C=O) groups is 1. The van der Waals surface area contributed by atoms with E-state index in [2.05, 4.69) is 5.32 Å². The van der Waals surface area contributed by atoms with Crippen LogP contribution in [-0.2, 0) is 4.74 Å². The lowest BCUT2D eigenvalue weighted by Gasteiger charge is -2.26. The van der Waals surface area contributed by atoms with Crippen LogP contribution in [0.15, 0.2) is 22.6 Å². The van der Waals surface area contributed by atoms with E-state index < -0.39 is 0 Å². The fourth-order valence-electron chi connectivity index (χ4n) is 2.57. The van der Waals surface area contributed by atoms with Gasteiger partial charge in [-0.1, -0.05) is 11.6 Å². The average molecular weight is 324 g/mol. The Hall–Kier alpha value is -1.52. The van der Waals surface area contributed by atoms with Crippen molar-refractivity contribution in [3.05, 3.63) is 34.5 Å². The molecule has 1 atom stereocenters. The van der Waals surface area contributed by atoms with Crippen molar-refractivity contribution in [2.45, 2.75) is 45.8 Å². The highest BCUT2D eigenvalue weighted by Crippen LogP contribution is 2.28. The van der Waals surface area contributed by atoms with Gasteiger partial charge in [0.2, 0.25) is 0 Å². The molecule has 0 saturated heterocycles. The van der Waals surface area contributed by atoms with Gasteiger partial charge in [0, 0.05) is 29.1 Å². The van der Waals surface area contributed by atoms with Gasteiger partial charge in [-0.25, -0.2) is 0 Å². The monoisotopic (exact) mass is 323 g/mol. The van der Waals surface area contributed by atoms with E-state index in [4.69, 9.17) is 20.8 Å². The zero-order valence-electron chi connectivity index (χ0n) is 13.6. The van der Waals surface area contributed by atoms with Crippen LogP contribution in [0.3, 0.4) is 0 Å². The maximum Gasteiger partial charge on any atom is 0.287 e. The van der Waals surface area contributed by atoms with E-state index in [1.54, 1.807) is 19.2 Å². The molecule has 1 unspecified atom stereocenters. The van der Waals surface area contributed by atoms with Gasteiger partial charge >= 0.3 is 0 Å². The molecule has 2 rings (SSSR count). The maximum absolute atomic E-state index is 12.4. The standard InChI is InChI=1S/C17H22ClNO3/c1-10(9-17(3,4)21-5)19-16(20)15-11(2)13-8-12(18)6-7-14(13)22-15/h6-8,10H,9H2,1-5H3,(H,19,20). The Labute approximate surface area is 135 Å². The second-order valence-corrected chi connectivity index (χ2v) is 6.68. The minimum Gasteiger partial charge on any atom is -0.451 e. The molecule has 2 aromatic rings. The number of methoxy groups -OCH3 is 1. The Morgan fingerprint density at radius 3 is 2.77 bits per heavy atom. The SMILES string of the molecule is COC(C)(C)CC(C)NC(=O)c1oc2ccc(Cl)cc2c1C. The van der Waals surface area contributed by atoms with E-state index in [0.717, 1.165) is 10.9 Å². The number of amides is 1. The number of halogens is 1. The predicted octanol–water partition coefficient (Wildman–Crippen LogP) is 4.33. The summed E-state index contributed by atoms with van der Waals surface area (Å²) in [6.45, 7) is 7.79. The number of ether oxygens (including phenoxy) is 1. The number of furan rings is 1. The van der Waals surface area contributed by atoms with Crippen LogP contribution < -0.4 is 5.32 Å². The van der Waals surface area contributed by atoms with Crippen LogP contribution in [0.5, 0.6) is 0 Å². The molecule has 0 fully saturated rings. The van der Waals surface area contributed by atoms with Crippen molar-refractivity contribution in [1.82, 2.24) is 5.32 Å². The predicted molar refractivity (Wildman–Crippen MR) is 88.6 cm³/mol. The molecule has 22 heavy (non-hydrogen) atoms. The molecule has 0 spiro atoms. The van der Waals surface area contributed by atoms with E-state index in [-0.39, 0.29) is 17.6 Å². The van der Waals surface area contributed by atoms with Gasteiger partial charge in [-0.3, -0.25) is 4.79 Å². The second kappa shape index (κ2) is 6.31. The number of hydrogen-bond donors (Lipinski definition) is 1. The average Bonchev–Trinajstić information content (AvgIpc) is 2.75. The molecule has 1 aromatic carbocycles. The maximum atomic E-state index is 12.4. The molecule has 4 nitrogen and oxygen atoms in total. The van der Waals surface area contributed by atoms with Crippen molar-refractivity contribution in [3.8, 4) is 0 Å². The van der Waals surface area contributed by atoms with Crippen LogP contribution in [0.4, 0.5) is 0 Å². The Kier molecular flexibility index (Phi) is 4.83. The molecule has 5 heteroatoms. The fraction of sp³-hybridized carbons (Fsp3) is 0.471. The molecule has 1 amide bonds. The van der Waals surface area contributed by atoms with Gasteiger partial charge < -0.3 is 14.5 Å². The van der Waals surface area contributed by atoms with E-state index >= 15 is 0 Å². The highest BCUT2D eigenvalue weighted by atomic mass is 35.5. The first kappa shape index (κ1) is 16.8. The molecule has 1 N–H and O–H groups in total. The molecule has 0 saturated carbocycles. The molecule has 0 bridgehead atoms. The second-order valence-electron chi connectivity index (χ2n) is 6.24. The van der Waals surface area contributed by atoms with Gasteiger partial charge in [0.05, 0.1) is 5.60 Å². The third kappa shape index (κ3) is 3.62. The topological polar surface area (TPSA) is 51.5 Å². The first-order chi connectivity index (χ1) is 10.2. The molecule has 0 aliphatic rings. The van der Waals surface area contributed by atoms with Crippen molar-refractivity contribution in [2.75, 3.05) is 7.11 Å². The van der Waals surface area contributed by atoms with Crippen molar-refractivity contribution in [3.63, 3.8) is 0 Å². The van der Waals surface area contributed by atoms with E-state index in [1.807, 2.05) is 33.8 Å². The fourth-order valence-corrected chi connectivity index (χ4v) is 2.74. The Balaban J connectivity index is 2.18. The highest BCUT2D eigenvalue weighted by molar-refractivity contribution is 6.31. The Bertz CT molecular complexity index is 691. The van der Waals surface area contributed by atoms with Crippen molar-refractivity contribution >= 4 is 28.5 Å². The molecular formula is C17H22ClNO3. The van der Waals surface area contributed by atoms with Crippen molar-refractivity contribution in [2.24, 2.45) is 0 Å². The van der Waals surface area contributed by atoms with Crippen LogP contribution in [0, 0.1) is 6.92 Å². The summed E-state index contributed by atoms with van der Waals surface area (Å²) in [5, 5.41) is 4.44. The molecule has 0 radical (unpaired) electrons. The number of aryl methyl sites for hydroxylation is 1. The van der Waals surface area contributed by atoms with Crippen LogP contribution in [0.25, 0.3) is 11.0 Å². The smallest absolute Gasteiger partial charge is 0.287 e. The van der Waals surface area contributed by atoms with E-state index in [9.17, 15) is 4.79 Å². The zero-order valence-corrected chi connectivity index (χ0v) is 14.4. The van der Waals surface area contributed by atoms with Crippen LogP contribution in [-0.4, -0.2) is 24.7 Å². The van der Waals surface area contributed by atoms with Gasteiger partial charge in [0.25, 0.3) is 5.91 Å². The summed E-state index contributed by atoms with van der Waals surface area (Å²) >= 11 is 6.00. The van der Waals surface area contributed by atoms with E-state index in [0.29, 0.717) is 22.8 Å². The third-order valence-electron chi connectivity index (χ3n) is 3.83. The number of nitrogens with one attached hydrogen (secondary N) is 1. The van der Waals surface area contributed by atoms with Crippen molar-refractivity contribution < 1.29 is 13.9 Å². The lowest BCUT2D eigenvalue weighted by atomic mass is 10.00. The summed E-state index contributed by atoms with van der Waals surface area (Å²) in [6, 6.07) is 5.31. The van der Waals surface area contributed by atoms with E-state index in [1.165, 1.54) is 0 Å². The molecule has 1 heterocycles. The lowest BCUT2D eigenvalue weighted by Crippen LogP contribution is -2.39. The summed E-state index contributed by atoms with van der Waals surface area (Å²) in [4.78, 5) is 12.4. The third-order valence-corrected chi connectivity index (χ3v) is 4.07. The first-order valence-corrected chi connectivity index (χ1v) is 7.66. The number of fused-ring (bicyclic) bond motifs is 1. The normalized spacial score (nSPS) is 13.4. The number of rotatable bonds is 5. The summed E-state index contributed by atoms with van der Waals surface area (Å²) in [7, 11) is 1.67. The molecule has 1 aromatic heterocycles. The molecule has 0 aliphatic heterocycles. The Morgan fingerprint density at radius 2 is 2.14 bits per heavy atom. The molecule has 120 valence electrons.